The molecule has 90 valence electrons. The molecule has 1 amide bonds. The predicted molar refractivity (Wildman–Crippen MR) is 62.8 cm³/mol. The van der Waals surface area contributed by atoms with E-state index in [1.54, 1.807) is 7.11 Å². The van der Waals surface area contributed by atoms with Crippen LogP contribution < -0.4 is 0 Å². The highest BCUT2D eigenvalue weighted by molar-refractivity contribution is 5.77. The monoisotopic (exact) mass is 215 g/mol. The molecule has 1 aliphatic rings. The third-order valence-electron chi connectivity index (χ3n) is 2.81. The van der Waals surface area contributed by atoms with E-state index in [1.165, 1.54) is 6.42 Å². The number of ether oxygens (including phenoxy) is 1. The van der Waals surface area contributed by atoms with Crippen molar-refractivity contribution in [3.63, 3.8) is 0 Å². The summed E-state index contributed by atoms with van der Waals surface area (Å²) in [4.78, 5) is 13.3. The van der Waals surface area contributed by atoms with E-state index in [4.69, 9.17) is 4.74 Å². The van der Waals surface area contributed by atoms with Crippen molar-refractivity contribution in [3.05, 3.63) is 0 Å². The number of methoxy groups -OCH3 is 1. The molecule has 0 spiro atoms. The molecule has 0 bridgehead atoms. The van der Waals surface area contributed by atoms with E-state index in [9.17, 15) is 4.79 Å². The lowest BCUT2D eigenvalue weighted by Crippen LogP contribution is -2.40. The molecule has 0 aromatic carbocycles. The maximum absolute atomic E-state index is 11.4. The van der Waals surface area contributed by atoms with E-state index >= 15 is 0 Å². The summed E-state index contributed by atoms with van der Waals surface area (Å²) in [5.41, 5.74) is 0. The number of likely N-dealkylation sites (tertiary alicyclic amines) is 1. The maximum atomic E-state index is 11.4. The summed E-state index contributed by atoms with van der Waals surface area (Å²) in [6.07, 6.45) is 3.56. The Morgan fingerprint density at radius 3 is 2.27 bits per heavy atom. The van der Waals surface area contributed by atoms with Crippen molar-refractivity contribution in [1.29, 1.82) is 0 Å². The highest BCUT2D eigenvalue weighted by atomic mass is 16.5. The predicted octanol–water partition coefficient (Wildman–Crippen LogP) is 2.31. The molecule has 1 fully saturated rings. The molecule has 1 rings (SSSR count). The largest absolute Gasteiger partial charge is 0.375 e. The number of amides is 1. The topological polar surface area (TPSA) is 29.5 Å². The highest BCUT2D eigenvalue weighted by Crippen LogP contribution is 2.19. The van der Waals surface area contributed by atoms with Crippen molar-refractivity contribution in [2.24, 2.45) is 5.92 Å². The van der Waals surface area contributed by atoms with Gasteiger partial charge in [-0.15, -0.1) is 0 Å². The van der Waals surface area contributed by atoms with Gasteiger partial charge in [-0.2, -0.15) is 0 Å². The van der Waals surface area contributed by atoms with Crippen molar-refractivity contribution < 1.29 is 9.53 Å². The van der Waals surface area contributed by atoms with Gasteiger partial charge in [0, 0.05) is 20.2 Å². The van der Waals surface area contributed by atoms with Gasteiger partial charge < -0.3 is 9.64 Å². The van der Waals surface area contributed by atoms with Crippen LogP contribution in [0.2, 0.25) is 0 Å². The summed E-state index contributed by atoms with van der Waals surface area (Å²) in [6.45, 7) is 8.29. The Hall–Kier alpha value is -0.570. The summed E-state index contributed by atoms with van der Waals surface area (Å²) in [6, 6.07) is 0. The summed E-state index contributed by atoms with van der Waals surface area (Å²) in [5, 5.41) is 0. The fraction of sp³-hybridized carbons (Fsp3) is 0.917. The molecular formula is C12H25NO2. The standard InChI is InChI=1S/C10H19NO2.C2H6/c1-3-9-4-6-11(7-5-9)10(12)8-13-2;1-2/h9H,3-8H2,1-2H3;1-2H3. The number of nitrogens with zero attached hydrogens (tertiary/aromatic N) is 1. The van der Waals surface area contributed by atoms with Crippen LogP contribution in [-0.2, 0) is 9.53 Å². The van der Waals surface area contributed by atoms with Crippen molar-refractivity contribution in [2.75, 3.05) is 26.8 Å². The first-order chi connectivity index (χ1) is 7.27. The number of carbonyl (C=O) groups excluding carboxylic acids is 1. The number of hydrogen-bond donors (Lipinski definition) is 0. The van der Waals surface area contributed by atoms with Gasteiger partial charge in [-0.1, -0.05) is 27.2 Å². The quantitative estimate of drug-likeness (QED) is 0.723. The average Bonchev–Trinajstić information content (AvgIpc) is 2.32. The van der Waals surface area contributed by atoms with Crippen LogP contribution in [0.4, 0.5) is 0 Å². The van der Waals surface area contributed by atoms with E-state index in [1.807, 2.05) is 18.7 Å². The van der Waals surface area contributed by atoms with Crippen LogP contribution in [0, 0.1) is 5.92 Å². The van der Waals surface area contributed by atoms with Gasteiger partial charge in [-0.05, 0) is 18.8 Å². The third kappa shape index (κ3) is 5.17. The van der Waals surface area contributed by atoms with Gasteiger partial charge in [0.1, 0.15) is 6.61 Å². The molecule has 0 aliphatic carbocycles. The number of rotatable bonds is 3. The first kappa shape index (κ1) is 14.4. The van der Waals surface area contributed by atoms with Gasteiger partial charge in [0.05, 0.1) is 0 Å². The lowest BCUT2D eigenvalue weighted by Gasteiger charge is -2.31. The molecule has 1 saturated heterocycles. The van der Waals surface area contributed by atoms with Crippen molar-refractivity contribution in [3.8, 4) is 0 Å². The zero-order valence-electron chi connectivity index (χ0n) is 10.6. The van der Waals surface area contributed by atoms with Gasteiger partial charge in [-0.3, -0.25) is 4.79 Å². The SMILES string of the molecule is CC.CCC1CCN(C(=O)COC)CC1. The Morgan fingerprint density at radius 1 is 1.33 bits per heavy atom. The summed E-state index contributed by atoms with van der Waals surface area (Å²) >= 11 is 0. The first-order valence-electron chi connectivity index (χ1n) is 6.04. The second kappa shape index (κ2) is 8.72. The average molecular weight is 215 g/mol. The molecule has 0 unspecified atom stereocenters. The molecule has 0 N–H and O–H groups in total. The van der Waals surface area contributed by atoms with Crippen LogP contribution in [0.15, 0.2) is 0 Å². The molecule has 1 aliphatic heterocycles. The molecular weight excluding hydrogens is 190 g/mol. The van der Waals surface area contributed by atoms with E-state index in [2.05, 4.69) is 6.92 Å². The van der Waals surface area contributed by atoms with Gasteiger partial charge in [0.15, 0.2) is 0 Å². The van der Waals surface area contributed by atoms with Crippen LogP contribution in [0.25, 0.3) is 0 Å². The maximum Gasteiger partial charge on any atom is 0.248 e. The molecule has 0 radical (unpaired) electrons. The lowest BCUT2D eigenvalue weighted by atomic mass is 9.94. The molecule has 0 atom stereocenters. The van der Waals surface area contributed by atoms with Crippen LogP contribution in [-0.4, -0.2) is 37.6 Å². The van der Waals surface area contributed by atoms with Gasteiger partial charge in [0.2, 0.25) is 5.91 Å². The minimum absolute atomic E-state index is 0.136. The molecule has 1 heterocycles. The fourth-order valence-electron chi connectivity index (χ4n) is 1.81. The second-order valence-electron chi connectivity index (χ2n) is 3.67. The van der Waals surface area contributed by atoms with Gasteiger partial charge >= 0.3 is 0 Å². The van der Waals surface area contributed by atoms with Gasteiger partial charge in [0.25, 0.3) is 0 Å². The molecule has 0 aromatic heterocycles. The smallest absolute Gasteiger partial charge is 0.248 e. The van der Waals surface area contributed by atoms with Crippen molar-refractivity contribution in [1.82, 2.24) is 4.90 Å². The Labute approximate surface area is 93.8 Å². The molecule has 15 heavy (non-hydrogen) atoms. The minimum Gasteiger partial charge on any atom is -0.375 e. The van der Waals surface area contributed by atoms with E-state index in [0.29, 0.717) is 0 Å². The summed E-state index contributed by atoms with van der Waals surface area (Å²) in [5.74, 6) is 0.962. The number of hydrogen-bond acceptors (Lipinski definition) is 2. The van der Waals surface area contributed by atoms with Crippen molar-refractivity contribution >= 4 is 5.91 Å². The van der Waals surface area contributed by atoms with Crippen molar-refractivity contribution in [2.45, 2.75) is 40.0 Å². The van der Waals surface area contributed by atoms with E-state index in [0.717, 1.165) is 31.8 Å². The van der Waals surface area contributed by atoms with Crippen LogP contribution >= 0.6 is 0 Å². The van der Waals surface area contributed by atoms with E-state index < -0.39 is 0 Å². The Morgan fingerprint density at radius 2 is 1.87 bits per heavy atom. The van der Waals surface area contributed by atoms with Crippen LogP contribution in [0.3, 0.4) is 0 Å². The Balaban J connectivity index is 0.000000921. The number of piperidine rings is 1. The minimum atomic E-state index is 0.136. The third-order valence-corrected chi connectivity index (χ3v) is 2.81. The normalized spacial score (nSPS) is 16.9. The molecule has 3 heteroatoms. The zero-order valence-corrected chi connectivity index (χ0v) is 10.6. The molecule has 0 aromatic rings. The van der Waals surface area contributed by atoms with E-state index in [-0.39, 0.29) is 12.5 Å². The Kier molecular flexibility index (Phi) is 8.38. The number of carbonyl (C=O) groups is 1. The van der Waals surface area contributed by atoms with Gasteiger partial charge in [-0.25, -0.2) is 0 Å². The summed E-state index contributed by atoms with van der Waals surface area (Å²) < 4.78 is 4.82. The van der Waals surface area contributed by atoms with Crippen LogP contribution in [0.5, 0.6) is 0 Å². The lowest BCUT2D eigenvalue weighted by molar-refractivity contribution is -0.136. The summed E-state index contributed by atoms with van der Waals surface area (Å²) in [7, 11) is 1.57. The second-order valence-corrected chi connectivity index (χ2v) is 3.67. The fourth-order valence-corrected chi connectivity index (χ4v) is 1.81. The highest BCUT2D eigenvalue weighted by Gasteiger charge is 2.20. The molecule has 3 nitrogen and oxygen atoms in total. The van der Waals surface area contributed by atoms with Crippen LogP contribution in [0.1, 0.15) is 40.0 Å². The zero-order chi connectivity index (χ0) is 11.7. The first-order valence-corrected chi connectivity index (χ1v) is 6.04. The molecule has 0 saturated carbocycles. The Bertz CT molecular complexity index is 163.